The lowest BCUT2D eigenvalue weighted by molar-refractivity contribution is -0.318. The minimum absolute atomic E-state index is 0.0128. The van der Waals surface area contributed by atoms with Crippen LogP contribution in [0.4, 0.5) is 4.39 Å². The van der Waals surface area contributed by atoms with E-state index in [9.17, 15) is 43.1 Å². The summed E-state index contributed by atoms with van der Waals surface area (Å²) < 4.78 is 77.6. The van der Waals surface area contributed by atoms with Crippen LogP contribution in [-0.2, 0) is 56.1 Å². The van der Waals surface area contributed by atoms with Crippen molar-refractivity contribution in [3.63, 3.8) is 0 Å². The maximum absolute atomic E-state index is 14.5. The number of primary sulfonamides is 1. The number of methoxy groups -OCH3 is 1. The predicted molar refractivity (Wildman–Crippen MR) is 273 cm³/mol. The second-order valence-electron chi connectivity index (χ2n) is 22.6. The van der Waals surface area contributed by atoms with Gasteiger partial charge in [0.1, 0.15) is 30.6 Å². The van der Waals surface area contributed by atoms with Gasteiger partial charge in [-0.3, -0.25) is 4.79 Å². The molecular formula is C52H89FN6O14S. The molecule has 0 aliphatic carbocycles. The summed E-state index contributed by atoms with van der Waals surface area (Å²) in [5, 5.41) is 73.2. The second kappa shape index (κ2) is 25.8. The zero-order chi connectivity index (χ0) is 55.2. The Labute approximate surface area is 438 Å². The Kier molecular flexibility index (Phi) is 21.6. The van der Waals surface area contributed by atoms with Gasteiger partial charge in [0.15, 0.2) is 12.6 Å². The summed E-state index contributed by atoms with van der Waals surface area (Å²) in [6.07, 6.45) is -6.19. The van der Waals surface area contributed by atoms with Crippen LogP contribution in [0.5, 0.6) is 0 Å². The Morgan fingerprint density at radius 1 is 1.00 bits per heavy atom. The van der Waals surface area contributed by atoms with E-state index < -0.39 is 125 Å². The fourth-order valence-electron chi connectivity index (χ4n) is 11.0. The van der Waals surface area contributed by atoms with Crippen LogP contribution in [0.15, 0.2) is 35.4 Å². The van der Waals surface area contributed by atoms with Crippen LogP contribution >= 0.6 is 0 Å². The number of alkyl halides is 1. The highest BCUT2D eigenvalue weighted by atomic mass is 32.2. The summed E-state index contributed by atoms with van der Waals surface area (Å²) in [6.45, 7) is 17.9. The zero-order valence-electron chi connectivity index (χ0n) is 45.9. The monoisotopic (exact) mass is 1070 g/mol. The van der Waals surface area contributed by atoms with Crippen LogP contribution in [-0.4, -0.2) is 196 Å². The number of carbonyl (C=O) groups is 1. The van der Waals surface area contributed by atoms with Gasteiger partial charge in [0.2, 0.25) is 10.0 Å². The van der Waals surface area contributed by atoms with E-state index in [0.29, 0.717) is 43.6 Å². The van der Waals surface area contributed by atoms with Gasteiger partial charge in [0.25, 0.3) is 0 Å². The third-order valence-electron chi connectivity index (χ3n) is 16.2. The first-order valence-corrected chi connectivity index (χ1v) is 27.8. The molecule has 22 heteroatoms. The number of ether oxygens (including phenoxy) is 6. The molecule has 0 unspecified atom stereocenters. The molecule has 0 amide bonds. The van der Waals surface area contributed by atoms with Crippen LogP contribution < -0.4 is 5.14 Å². The molecule has 0 radical (unpaired) electrons. The number of sulfonamides is 1. The van der Waals surface area contributed by atoms with E-state index in [1.165, 1.54) is 23.9 Å². The first-order valence-electron chi connectivity index (χ1n) is 26.3. The largest absolute Gasteiger partial charge is 0.459 e. The van der Waals surface area contributed by atoms with E-state index in [2.05, 4.69) is 17.2 Å². The predicted octanol–water partition coefficient (Wildman–Crippen LogP) is 3.29. The van der Waals surface area contributed by atoms with E-state index >= 15 is 0 Å². The lowest BCUT2D eigenvalue weighted by Crippen LogP contribution is -2.60. The van der Waals surface area contributed by atoms with Gasteiger partial charge in [-0.15, -0.1) is 5.10 Å². The normalized spacial score (nSPS) is 39.4. The van der Waals surface area contributed by atoms with E-state index in [4.69, 9.17) is 33.6 Å². The molecule has 5 rings (SSSR count). The molecule has 3 aliphatic heterocycles. The molecule has 0 spiro atoms. The van der Waals surface area contributed by atoms with Crippen LogP contribution in [0.25, 0.3) is 0 Å². The van der Waals surface area contributed by atoms with E-state index in [0.717, 1.165) is 0 Å². The number of cyclic esters (lactones) is 1. The molecule has 2 aromatic rings. The highest BCUT2D eigenvalue weighted by Gasteiger charge is 2.52. The molecule has 3 aliphatic rings. The van der Waals surface area contributed by atoms with Crippen molar-refractivity contribution in [2.45, 2.75) is 222 Å². The molecule has 3 fully saturated rings. The molecule has 19 atom stereocenters. The average molecular weight is 1070 g/mol. The van der Waals surface area contributed by atoms with Crippen molar-refractivity contribution in [3.8, 4) is 0 Å². The third-order valence-corrected chi connectivity index (χ3v) is 17.1. The molecule has 0 bridgehead atoms. The number of esters is 1. The first-order chi connectivity index (χ1) is 34.4. The summed E-state index contributed by atoms with van der Waals surface area (Å²) >= 11 is 0. The number of likely N-dealkylation sites (N-methyl/N-ethyl adjacent to an activating group) is 2. The fourth-order valence-corrected chi connectivity index (χ4v) is 11.6. The van der Waals surface area contributed by atoms with Gasteiger partial charge in [-0.2, -0.15) is 0 Å². The molecule has 7 N–H and O–H groups in total. The fraction of sp³-hybridized carbons (Fsp3) is 0.827. The molecule has 20 nitrogen and oxygen atoms in total. The summed E-state index contributed by atoms with van der Waals surface area (Å²) in [4.78, 5) is 18.5. The van der Waals surface area contributed by atoms with Crippen molar-refractivity contribution in [1.29, 1.82) is 0 Å². The van der Waals surface area contributed by atoms with Gasteiger partial charge in [-0.1, -0.05) is 38.1 Å². The Balaban J connectivity index is 1.43. The van der Waals surface area contributed by atoms with Crippen LogP contribution in [0, 0.1) is 17.8 Å². The van der Waals surface area contributed by atoms with Crippen molar-refractivity contribution in [1.82, 2.24) is 24.8 Å². The molecule has 3 saturated heterocycles. The second-order valence-corrected chi connectivity index (χ2v) is 24.2. The van der Waals surface area contributed by atoms with Gasteiger partial charge in [0, 0.05) is 63.7 Å². The highest BCUT2D eigenvalue weighted by Crippen LogP contribution is 2.40. The number of aromatic nitrogens is 3. The summed E-state index contributed by atoms with van der Waals surface area (Å²) in [5.41, 5.74) is -3.05. The maximum atomic E-state index is 14.5. The van der Waals surface area contributed by atoms with E-state index in [-0.39, 0.29) is 49.0 Å². The molecular weight excluding hydrogens is 984 g/mol. The van der Waals surface area contributed by atoms with Crippen molar-refractivity contribution >= 4 is 16.0 Å². The minimum Gasteiger partial charge on any atom is -0.459 e. The maximum Gasteiger partial charge on any atom is 0.311 e. The number of benzene rings is 1. The van der Waals surface area contributed by atoms with Crippen molar-refractivity contribution < 1.29 is 71.6 Å². The lowest BCUT2D eigenvalue weighted by Gasteiger charge is -2.48. The molecule has 1 aromatic heterocycles. The third kappa shape index (κ3) is 15.5. The Morgan fingerprint density at radius 3 is 2.27 bits per heavy atom. The smallest absolute Gasteiger partial charge is 0.311 e. The number of hydrogen-bond donors (Lipinski definition) is 6. The average Bonchev–Trinajstić information content (AvgIpc) is 3.81. The van der Waals surface area contributed by atoms with Crippen molar-refractivity contribution in [2.75, 3.05) is 41.0 Å². The number of nitrogens with zero attached hydrogens (tertiary/aromatic N) is 5. The molecule has 4 heterocycles. The standard InChI is InChI=1S/C52H89FN6O14S/c1-14-42-51(9,65)25-41(60)34(6)58(12)28-30(2)19-21-50(8,64)47(32(4)45(33(5)48(63)71-42)72-43-26-52(10,68-13)46(62)35(7)70-43)73-49-44(61)40(23-31(3)69-49)57(11)22-20-37-29-59(56-55-37)38(27-53)24-36-15-17-39(18-16-36)74(54,66)67/h15-18,29-35,38,40-47,49,60-62,64-65H,14,19-28H2,1-13H3,(H2,54,66,67)/t30-,31-,32+,33-,34-,35+,38+,40+,41+,42-,43+,44-,45+,46+,47-,49+,50-,51+,52-/m1/s1. The van der Waals surface area contributed by atoms with Crippen LogP contribution in [0.2, 0.25) is 0 Å². The molecule has 0 saturated carbocycles. The first kappa shape index (κ1) is 62.0. The van der Waals surface area contributed by atoms with E-state index in [1.54, 1.807) is 66.8 Å². The number of hydrogen-bond acceptors (Lipinski definition) is 18. The molecule has 74 heavy (non-hydrogen) atoms. The number of halogens is 1. The van der Waals surface area contributed by atoms with Crippen molar-refractivity contribution in [3.05, 3.63) is 41.7 Å². The summed E-state index contributed by atoms with van der Waals surface area (Å²) in [5.74, 6) is -2.61. The van der Waals surface area contributed by atoms with Gasteiger partial charge < -0.3 is 63.8 Å². The van der Waals surface area contributed by atoms with Gasteiger partial charge in [-0.05, 0) is 118 Å². The van der Waals surface area contributed by atoms with Crippen LogP contribution in [0.3, 0.4) is 0 Å². The number of rotatable bonds is 15. The zero-order valence-corrected chi connectivity index (χ0v) is 46.7. The highest BCUT2D eigenvalue weighted by molar-refractivity contribution is 7.89. The summed E-state index contributed by atoms with van der Waals surface area (Å²) in [7, 11) is 1.38. The van der Waals surface area contributed by atoms with E-state index in [1.807, 2.05) is 37.7 Å². The Morgan fingerprint density at radius 2 is 1.66 bits per heavy atom. The quantitative estimate of drug-likeness (QED) is 0.140. The Bertz CT molecular complexity index is 2190. The molecule has 1 aromatic carbocycles. The van der Waals surface area contributed by atoms with Crippen molar-refractivity contribution in [2.24, 2.45) is 22.9 Å². The van der Waals surface area contributed by atoms with Gasteiger partial charge in [0.05, 0.1) is 64.3 Å². The minimum atomic E-state index is -3.88. The summed E-state index contributed by atoms with van der Waals surface area (Å²) in [6, 6.07) is 4.35. The number of carbonyl (C=O) groups excluding carboxylic acids is 1. The van der Waals surface area contributed by atoms with Gasteiger partial charge >= 0.3 is 5.97 Å². The number of aliphatic hydroxyl groups excluding tert-OH is 3. The molecule has 424 valence electrons. The number of nitrogens with two attached hydrogens (primary N) is 1. The number of aliphatic hydroxyl groups is 5. The lowest BCUT2D eigenvalue weighted by atomic mass is 9.78. The Hall–Kier alpha value is -2.81. The SMILES string of the molecule is CC[C@H]1OC(=O)[C@H](C)[C@@H](O[C@H]2C[C@@](C)(OC)[C@@H](O)[C@H](C)O2)[C@H](C)[C@@H](O[C@@H]2O[C@H](C)C[C@H](N(C)CCc3cn([C@H](CF)Cc4ccc(S(N)(=O)=O)cc4)nn3)[C@H]2O)[C@](C)(O)CC[C@@H](C)CN(C)[C@H](C)[C@@H](O)C[C@]1(C)O. The van der Waals surface area contributed by atoms with Crippen LogP contribution in [0.1, 0.15) is 125 Å². The topological polar surface area (TPSA) is 271 Å². The van der Waals surface area contributed by atoms with Gasteiger partial charge in [-0.25, -0.2) is 22.6 Å².